The SMILES string of the molecule is COc1ccc(-c2ccc(-c3nc4ccc(F)cc4c(N[C@H](C)C(=O)O)c3C#N)cc2)cn1. The fourth-order valence-corrected chi connectivity index (χ4v) is 3.47. The van der Waals surface area contributed by atoms with E-state index in [1.165, 1.54) is 25.1 Å². The van der Waals surface area contributed by atoms with E-state index in [9.17, 15) is 19.6 Å². The van der Waals surface area contributed by atoms with Crippen molar-refractivity contribution in [3.63, 3.8) is 0 Å². The Morgan fingerprint density at radius 1 is 1.12 bits per heavy atom. The molecule has 0 radical (unpaired) electrons. The number of fused-ring (bicyclic) bond motifs is 1. The number of halogens is 1. The first-order valence-corrected chi connectivity index (χ1v) is 10.0. The second kappa shape index (κ2) is 8.93. The van der Waals surface area contributed by atoms with Gasteiger partial charge in [0.25, 0.3) is 0 Å². The molecule has 0 spiro atoms. The van der Waals surface area contributed by atoms with Gasteiger partial charge in [-0.05, 0) is 36.8 Å². The van der Waals surface area contributed by atoms with Crippen LogP contribution in [0.2, 0.25) is 0 Å². The second-order valence-electron chi connectivity index (χ2n) is 7.35. The van der Waals surface area contributed by atoms with Gasteiger partial charge in [0.05, 0.1) is 24.0 Å². The monoisotopic (exact) mass is 442 g/mol. The smallest absolute Gasteiger partial charge is 0.325 e. The van der Waals surface area contributed by atoms with Crippen molar-refractivity contribution >= 4 is 22.6 Å². The molecular formula is C25H19FN4O3. The second-order valence-corrected chi connectivity index (χ2v) is 7.35. The molecule has 2 aromatic heterocycles. The Morgan fingerprint density at radius 3 is 2.42 bits per heavy atom. The van der Waals surface area contributed by atoms with Gasteiger partial charge in [0, 0.05) is 28.8 Å². The van der Waals surface area contributed by atoms with Crippen molar-refractivity contribution in [2.24, 2.45) is 0 Å². The van der Waals surface area contributed by atoms with Crippen molar-refractivity contribution < 1.29 is 19.0 Å². The van der Waals surface area contributed by atoms with E-state index < -0.39 is 17.8 Å². The number of nitriles is 1. The molecule has 164 valence electrons. The highest BCUT2D eigenvalue weighted by Gasteiger charge is 2.21. The number of hydrogen-bond acceptors (Lipinski definition) is 6. The molecule has 4 rings (SSSR count). The Hall–Kier alpha value is -4.51. The molecule has 4 aromatic rings. The number of carboxylic acid groups (broad SMARTS) is 1. The molecule has 0 amide bonds. The number of carbonyl (C=O) groups is 1. The van der Waals surface area contributed by atoms with E-state index in [-0.39, 0.29) is 11.3 Å². The molecule has 2 heterocycles. The minimum absolute atomic E-state index is 0.139. The van der Waals surface area contributed by atoms with Gasteiger partial charge in [-0.25, -0.2) is 14.4 Å². The van der Waals surface area contributed by atoms with Crippen LogP contribution in [0.25, 0.3) is 33.3 Å². The van der Waals surface area contributed by atoms with Gasteiger partial charge >= 0.3 is 5.97 Å². The van der Waals surface area contributed by atoms with Crippen LogP contribution in [-0.4, -0.2) is 34.2 Å². The molecule has 0 bridgehead atoms. The van der Waals surface area contributed by atoms with Gasteiger partial charge in [0.15, 0.2) is 0 Å². The van der Waals surface area contributed by atoms with Crippen LogP contribution in [0, 0.1) is 17.1 Å². The summed E-state index contributed by atoms with van der Waals surface area (Å²) in [5.41, 5.74) is 3.64. The third kappa shape index (κ3) is 4.29. The average molecular weight is 442 g/mol. The third-order valence-corrected chi connectivity index (χ3v) is 5.23. The number of anilines is 1. The quantitative estimate of drug-likeness (QED) is 0.439. The molecule has 0 aliphatic heterocycles. The molecule has 2 N–H and O–H groups in total. The van der Waals surface area contributed by atoms with Crippen molar-refractivity contribution in [2.75, 3.05) is 12.4 Å². The summed E-state index contributed by atoms with van der Waals surface area (Å²) in [7, 11) is 1.55. The summed E-state index contributed by atoms with van der Waals surface area (Å²) in [6.45, 7) is 1.45. The minimum Gasteiger partial charge on any atom is -0.481 e. The van der Waals surface area contributed by atoms with Crippen LogP contribution >= 0.6 is 0 Å². The van der Waals surface area contributed by atoms with Gasteiger partial charge < -0.3 is 15.2 Å². The number of aromatic nitrogens is 2. The number of methoxy groups -OCH3 is 1. The number of carboxylic acids is 1. The summed E-state index contributed by atoms with van der Waals surface area (Å²) in [5.74, 6) is -1.09. The number of nitrogens with one attached hydrogen (secondary N) is 1. The van der Waals surface area contributed by atoms with Crippen molar-refractivity contribution in [1.82, 2.24) is 9.97 Å². The standard InChI is InChI=1S/C25H19FN4O3/c1-14(25(31)32)29-24-19-11-18(26)8-9-21(19)30-23(20(24)12-27)16-5-3-15(4-6-16)17-7-10-22(33-2)28-13-17/h3-11,13-14H,1-2H3,(H,29,30)(H,31,32)/t14-/m1/s1. The van der Waals surface area contributed by atoms with Gasteiger partial charge in [0.1, 0.15) is 23.5 Å². The van der Waals surface area contributed by atoms with E-state index in [4.69, 9.17) is 4.74 Å². The molecule has 7 nitrogen and oxygen atoms in total. The van der Waals surface area contributed by atoms with Gasteiger partial charge in [-0.1, -0.05) is 24.3 Å². The largest absolute Gasteiger partial charge is 0.481 e. The first kappa shape index (κ1) is 21.7. The Bertz CT molecular complexity index is 1380. The predicted octanol–water partition coefficient (Wildman–Crippen LogP) is 4.87. The van der Waals surface area contributed by atoms with Crippen LogP contribution in [0.15, 0.2) is 60.8 Å². The van der Waals surface area contributed by atoms with E-state index in [2.05, 4.69) is 21.4 Å². The summed E-state index contributed by atoms with van der Waals surface area (Å²) in [4.78, 5) is 20.2. The van der Waals surface area contributed by atoms with Crippen LogP contribution in [0.5, 0.6) is 5.88 Å². The number of ether oxygens (including phenoxy) is 1. The van der Waals surface area contributed by atoms with Crippen LogP contribution in [0.1, 0.15) is 12.5 Å². The van der Waals surface area contributed by atoms with E-state index in [1.54, 1.807) is 19.4 Å². The molecule has 1 atom stereocenters. The third-order valence-electron chi connectivity index (χ3n) is 5.23. The molecule has 8 heteroatoms. The summed E-state index contributed by atoms with van der Waals surface area (Å²) in [6.07, 6.45) is 1.70. The van der Waals surface area contributed by atoms with E-state index in [0.29, 0.717) is 28.0 Å². The fraction of sp³-hybridized carbons (Fsp3) is 0.120. The maximum atomic E-state index is 14.0. The number of aliphatic carboxylic acids is 1. The van der Waals surface area contributed by atoms with Crippen molar-refractivity contribution in [1.29, 1.82) is 5.26 Å². The Morgan fingerprint density at radius 2 is 1.82 bits per heavy atom. The first-order chi connectivity index (χ1) is 15.9. The van der Waals surface area contributed by atoms with E-state index in [0.717, 1.165) is 11.1 Å². The zero-order valence-corrected chi connectivity index (χ0v) is 17.8. The minimum atomic E-state index is -1.10. The van der Waals surface area contributed by atoms with Crippen LogP contribution in [-0.2, 0) is 4.79 Å². The number of pyridine rings is 2. The maximum absolute atomic E-state index is 14.0. The average Bonchev–Trinajstić information content (AvgIpc) is 2.84. The number of nitrogens with zero attached hydrogens (tertiary/aromatic N) is 3. The van der Waals surface area contributed by atoms with Crippen molar-refractivity contribution in [3.8, 4) is 34.3 Å². The zero-order chi connectivity index (χ0) is 23.5. The molecule has 2 aromatic carbocycles. The molecule has 0 saturated carbocycles. The highest BCUT2D eigenvalue weighted by Crippen LogP contribution is 2.35. The Labute approximate surface area is 189 Å². The van der Waals surface area contributed by atoms with Crippen LogP contribution in [0.4, 0.5) is 10.1 Å². The van der Waals surface area contributed by atoms with Gasteiger partial charge in [-0.3, -0.25) is 4.79 Å². The fourth-order valence-electron chi connectivity index (χ4n) is 3.47. The lowest BCUT2D eigenvalue weighted by Gasteiger charge is -2.17. The first-order valence-electron chi connectivity index (χ1n) is 10.0. The van der Waals surface area contributed by atoms with Crippen molar-refractivity contribution in [3.05, 3.63) is 72.2 Å². The van der Waals surface area contributed by atoms with Gasteiger partial charge in [0.2, 0.25) is 5.88 Å². The lowest BCUT2D eigenvalue weighted by molar-refractivity contribution is -0.137. The Kier molecular flexibility index (Phi) is 5.87. The predicted molar refractivity (Wildman–Crippen MR) is 122 cm³/mol. The summed E-state index contributed by atoms with van der Waals surface area (Å²) in [6, 6.07) is 16.2. The molecule has 0 aliphatic carbocycles. The molecule has 0 unspecified atom stereocenters. The number of rotatable bonds is 6. The molecule has 0 aliphatic rings. The van der Waals surface area contributed by atoms with Gasteiger partial charge in [-0.15, -0.1) is 0 Å². The number of hydrogen-bond donors (Lipinski definition) is 2. The normalized spacial score (nSPS) is 11.6. The summed E-state index contributed by atoms with van der Waals surface area (Å²) >= 11 is 0. The van der Waals surface area contributed by atoms with Gasteiger partial charge in [-0.2, -0.15) is 5.26 Å². The highest BCUT2D eigenvalue weighted by molar-refractivity contribution is 5.99. The van der Waals surface area contributed by atoms with Crippen LogP contribution < -0.4 is 10.1 Å². The molecular weight excluding hydrogens is 423 g/mol. The molecule has 33 heavy (non-hydrogen) atoms. The highest BCUT2D eigenvalue weighted by atomic mass is 19.1. The van der Waals surface area contributed by atoms with Crippen molar-refractivity contribution in [2.45, 2.75) is 13.0 Å². The zero-order valence-electron chi connectivity index (χ0n) is 17.8. The number of benzene rings is 2. The topological polar surface area (TPSA) is 108 Å². The lowest BCUT2D eigenvalue weighted by Crippen LogP contribution is -2.26. The summed E-state index contributed by atoms with van der Waals surface area (Å²) in [5, 5.41) is 22.5. The van der Waals surface area contributed by atoms with Crippen LogP contribution in [0.3, 0.4) is 0 Å². The maximum Gasteiger partial charge on any atom is 0.325 e. The summed E-state index contributed by atoms with van der Waals surface area (Å²) < 4.78 is 19.0. The molecule has 0 fully saturated rings. The van der Waals surface area contributed by atoms with E-state index in [1.807, 2.05) is 30.3 Å². The lowest BCUT2D eigenvalue weighted by atomic mass is 9.98. The van der Waals surface area contributed by atoms with E-state index >= 15 is 0 Å². The Balaban J connectivity index is 1.83. The molecule has 0 saturated heterocycles.